The van der Waals surface area contributed by atoms with Crippen LogP contribution < -0.4 is 10.1 Å². The van der Waals surface area contributed by atoms with Crippen LogP contribution in [0.4, 0.5) is 4.39 Å². The number of carbonyl (C=O) groups is 1. The Morgan fingerprint density at radius 2 is 2.04 bits per heavy atom. The van der Waals surface area contributed by atoms with E-state index in [-0.39, 0.29) is 18.1 Å². The minimum atomic E-state index is -0.334. The number of rotatable bonds is 7. The van der Waals surface area contributed by atoms with Crippen LogP contribution in [0.3, 0.4) is 0 Å². The summed E-state index contributed by atoms with van der Waals surface area (Å²) in [6.45, 7) is 0.397. The quantitative estimate of drug-likeness (QED) is 0.702. The third kappa shape index (κ3) is 4.47. The Hall–Kier alpha value is -3.15. The number of methoxy groups -OCH3 is 1. The van der Waals surface area contributed by atoms with E-state index >= 15 is 0 Å². The van der Waals surface area contributed by atoms with Gasteiger partial charge in [0.15, 0.2) is 0 Å². The van der Waals surface area contributed by atoms with Crippen LogP contribution in [0.1, 0.15) is 17.7 Å². The van der Waals surface area contributed by atoms with Crippen LogP contribution in [0, 0.1) is 5.82 Å². The number of ether oxygens (including phenoxy) is 1. The van der Waals surface area contributed by atoms with Crippen molar-refractivity contribution in [3.05, 3.63) is 71.9 Å². The number of nitrogens with one attached hydrogen (secondary N) is 1. The van der Waals surface area contributed by atoms with Gasteiger partial charge in [0, 0.05) is 31.6 Å². The standard InChI is InChI=1S/C20H19FN2O3/c1-25-20-11-6-14(13-23-20)12-22-19(24)10-8-15-7-9-18(26-15)16-4-2-3-5-17(16)21/h2-7,9,11,13H,8,10,12H2,1H3,(H,22,24). The first-order chi connectivity index (χ1) is 12.7. The van der Waals surface area contributed by atoms with E-state index in [1.165, 1.54) is 6.07 Å². The molecular formula is C20H19FN2O3. The molecule has 2 heterocycles. The molecule has 0 atom stereocenters. The van der Waals surface area contributed by atoms with Gasteiger partial charge in [-0.3, -0.25) is 4.79 Å². The Balaban J connectivity index is 1.49. The fourth-order valence-corrected chi connectivity index (χ4v) is 2.48. The van der Waals surface area contributed by atoms with Crippen LogP contribution in [-0.4, -0.2) is 18.0 Å². The number of halogens is 1. The molecule has 0 aliphatic rings. The van der Waals surface area contributed by atoms with Gasteiger partial charge < -0.3 is 14.5 Å². The van der Waals surface area contributed by atoms with Gasteiger partial charge in [0.25, 0.3) is 0 Å². The fraction of sp³-hybridized carbons (Fsp3) is 0.200. The van der Waals surface area contributed by atoms with E-state index < -0.39 is 0 Å². The molecule has 134 valence electrons. The summed E-state index contributed by atoms with van der Waals surface area (Å²) in [6.07, 6.45) is 2.39. The SMILES string of the molecule is COc1ccc(CNC(=O)CCc2ccc(-c3ccccc3F)o2)cn1. The van der Waals surface area contributed by atoms with Crippen molar-refractivity contribution in [2.75, 3.05) is 7.11 Å². The summed E-state index contributed by atoms with van der Waals surface area (Å²) in [5, 5.41) is 2.83. The van der Waals surface area contributed by atoms with Crippen LogP contribution in [-0.2, 0) is 17.8 Å². The van der Waals surface area contributed by atoms with E-state index in [0.29, 0.717) is 35.9 Å². The highest BCUT2D eigenvalue weighted by molar-refractivity contribution is 5.76. The number of hydrogen-bond acceptors (Lipinski definition) is 4. The third-order valence-corrected chi connectivity index (χ3v) is 3.90. The molecule has 5 nitrogen and oxygen atoms in total. The molecule has 0 aliphatic carbocycles. The lowest BCUT2D eigenvalue weighted by atomic mass is 10.1. The Morgan fingerprint density at radius 1 is 1.19 bits per heavy atom. The van der Waals surface area contributed by atoms with Crippen LogP contribution in [0.25, 0.3) is 11.3 Å². The van der Waals surface area contributed by atoms with Crippen molar-refractivity contribution in [3.8, 4) is 17.2 Å². The summed E-state index contributed by atoms with van der Waals surface area (Å²) in [7, 11) is 1.55. The van der Waals surface area contributed by atoms with E-state index in [1.807, 2.05) is 6.07 Å². The van der Waals surface area contributed by atoms with Gasteiger partial charge >= 0.3 is 0 Å². The predicted octanol–water partition coefficient (Wildman–Crippen LogP) is 3.74. The molecule has 0 saturated heterocycles. The molecule has 3 aromatic rings. The van der Waals surface area contributed by atoms with Gasteiger partial charge in [0.2, 0.25) is 11.8 Å². The maximum absolute atomic E-state index is 13.8. The molecule has 0 spiro atoms. The highest BCUT2D eigenvalue weighted by Gasteiger charge is 2.10. The molecular weight excluding hydrogens is 335 g/mol. The van der Waals surface area contributed by atoms with Crippen molar-refractivity contribution in [1.29, 1.82) is 0 Å². The smallest absolute Gasteiger partial charge is 0.220 e. The molecule has 1 N–H and O–H groups in total. The summed E-state index contributed by atoms with van der Waals surface area (Å²) in [6, 6.07) is 13.5. The van der Waals surface area contributed by atoms with Gasteiger partial charge in [-0.2, -0.15) is 0 Å². The number of benzene rings is 1. The molecule has 0 bridgehead atoms. The molecule has 0 fully saturated rings. The molecule has 1 aromatic carbocycles. The summed E-state index contributed by atoms with van der Waals surface area (Å²) in [5.74, 6) is 1.21. The first-order valence-corrected chi connectivity index (χ1v) is 8.25. The van der Waals surface area contributed by atoms with Gasteiger partial charge in [-0.1, -0.05) is 18.2 Å². The third-order valence-electron chi connectivity index (χ3n) is 3.90. The van der Waals surface area contributed by atoms with Gasteiger partial charge in [-0.25, -0.2) is 9.37 Å². The van der Waals surface area contributed by atoms with Gasteiger partial charge in [0.05, 0.1) is 12.7 Å². The summed E-state index contributed by atoms with van der Waals surface area (Å²) >= 11 is 0. The Bertz CT molecular complexity index is 875. The minimum Gasteiger partial charge on any atom is -0.481 e. The number of furan rings is 1. The zero-order valence-electron chi connectivity index (χ0n) is 14.4. The van der Waals surface area contributed by atoms with E-state index in [4.69, 9.17) is 9.15 Å². The maximum Gasteiger partial charge on any atom is 0.220 e. The second-order valence-corrected chi connectivity index (χ2v) is 5.73. The van der Waals surface area contributed by atoms with Crippen molar-refractivity contribution in [3.63, 3.8) is 0 Å². The maximum atomic E-state index is 13.8. The molecule has 0 radical (unpaired) electrons. The molecule has 1 amide bonds. The Labute approximate surface area is 150 Å². The van der Waals surface area contributed by atoms with Crippen molar-refractivity contribution < 1.29 is 18.3 Å². The number of nitrogens with zero attached hydrogens (tertiary/aromatic N) is 1. The topological polar surface area (TPSA) is 64.4 Å². The number of aromatic nitrogens is 1. The second-order valence-electron chi connectivity index (χ2n) is 5.73. The molecule has 2 aromatic heterocycles. The molecule has 3 rings (SSSR count). The highest BCUT2D eigenvalue weighted by atomic mass is 19.1. The first-order valence-electron chi connectivity index (χ1n) is 8.25. The van der Waals surface area contributed by atoms with Crippen molar-refractivity contribution in [1.82, 2.24) is 10.3 Å². The number of carbonyl (C=O) groups excluding carboxylic acids is 1. The molecule has 0 aliphatic heterocycles. The van der Waals surface area contributed by atoms with Gasteiger partial charge in [0.1, 0.15) is 17.3 Å². The van der Waals surface area contributed by atoms with E-state index in [1.54, 1.807) is 49.7 Å². The number of hydrogen-bond donors (Lipinski definition) is 1. The zero-order valence-corrected chi connectivity index (χ0v) is 14.4. The predicted molar refractivity (Wildman–Crippen MR) is 95.1 cm³/mol. The fourth-order valence-electron chi connectivity index (χ4n) is 2.48. The Kier molecular flexibility index (Phi) is 5.63. The van der Waals surface area contributed by atoms with Crippen molar-refractivity contribution in [2.24, 2.45) is 0 Å². The van der Waals surface area contributed by atoms with Crippen LogP contribution >= 0.6 is 0 Å². The molecule has 26 heavy (non-hydrogen) atoms. The summed E-state index contributed by atoms with van der Waals surface area (Å²) in [4.78, 5) is 16.1. The Morgan fingerprint density at radius 3 is 2.77 bits per heavy atom. The monoisotopic (exact) mass is 354 g/mol. The normalized spacial score (nSPS) is 10.5. The lowest BCUT2D eigenvalue weighted by molar-refractivity contribution is -0.121. The van der Waals surface area contributed by atoms with Crippen LogP contribution in [0.15, 0.2) is 59.1 Å². The largest absolute Gasteiger partial charge is 0.481 e. The number of amides is 1. The average molecular weight is 354 g/mol. The van der Waals surface area contributed by atoms with Gasteiger partial charge in [-0.05, 0) is 29.8 Å². The molecule has 0 saturated carbocycles. The average Bonchev–Trinajstić information content (AvgIpc) is 3.14. The van der Waals surface area contributed by atoms with Gasteiger partial charge in [-0.15, -0.1) is 0 Å². The van der Waals surface area contributed by atoms with E-state index in [9.17, 15) is 9.18 Å². The first kappa shape index (κ1) is 17.7. The highest BCUT2D eigenvalue weighted by Crippen LogP contribution is 2.25. The molecule has 6 heteroatoms. The lowest BCUT2D eigenvalue weighted by Crippen LogP contribution is -2.23. The number of aryl methyl sites for hydroxylation is 1. The van der Waals surface area contributed by atoms with Crippen molar-refractivity contribution in [2.45, 2.75) is 19.4 Å². The van der Waals surface area contributed by atoms with Crippen LogP contribution in [0.2, 0.25) is 0 Å². The zero-order chi connectivity index (χ0) is 18.4. The van der Waals surface area contributed by atoms with E-state index in [2.05, 4.69) is 10.3 Å². The minimum absolute atomic E-state index is 0.0929. The molecule has 0 unspecified atom stereocenters. The lowest BCUT2D eigenvalue weighted by Gasteiger charge is -2.05. The summed E-state index contributed by atoms with van der Waals surface area (Å²) in [5.41, 5.74) is 1.30. The van der Waals surface area contributed by atoms with E-state index in [0.717, 1.165) is 5.56 Å². The second kappa shape index (κ2) is 8.29. The summed E-state index contributed by atoms with van der Waals surface area (Å²) < 4.78 is 24.4. The van der Waals surface area contributed by atoms with Crippen LogP contribution in [0.5, 0.6) is 5.88 Å². The number of pyridine rings is 1. The van der Waals surface area contributed by atoms with Crippen molar-refractivity contribution >= 4 is 5.91 Å².